The van der Waals surface area contributed by atoms with Gasteiger partial charge < -0.3 is 4.74 Å². The Bertz CT molecular complexity index is 439. The number of carbonyl (C=O) groups is 1. The summed E-state index contributed by atoms with van der Waals surface area (Å²) < 4.78 is 7.60. The molecule has 0 radical (unpaired) electrons. The van der Waals surface area contributed by atoms with E-state index in [9.17, 15) is 4.79 Å². The highest BCUT2D eigenvalue weighted by molar-refractivity contribution is 9.10. The number of aromatic nitrogens is 2. The van der Waals surface area contributed by atoms with Crippen LogP contribution in [0.4, 0.5) is 0 Å². The molecule has 5 heteroatoms. The van der Waals surface area contributed by atoms with Crippen LogP contribution >= 0.6 is 15.9 Å². The summed E-state index contributed by atoms with van der Waals surface area (Å²) in [5.41, 5.74) is 0.692. The number of hydrogen-bond acceptors (Lipinski definition) is 3. The number of nitrogens with zero attached hydrogens (tertiary/aromatic N) is 2. The summed E-state index contributed by atoms with van der Waals surface area (Å²) in [5, 5.41) is 4.24. The number of ether oxygens (including phenoxy) is 1. The fourth-order valence-electron chi connectivity index (χ4n) is 2.92. The van der Waals surface area contributed by atoms with Crippen molar-refractivity contribution < 1.29 is 9.53 Å². The first-order valence-electron chi connectivity index (χ1n) is 7.46. The number of rotatable bonds is 7. The first kappa shape index (κ1) is 15.7. The zero-order valence-electron chi connectivity index (χ0n) is 12.1. The quantitative estimate of drug-likeness (QED) is 0.707. The third kappa shape index (κ3) is 4.16. The Morgan fingerprint density at radius 2 is 2.20 bits per heavy atom. The van der Waals surface area contributed by atoms with E-state index in [1.807, 2.05) is 0 Å². The molecule has 0 amide bonds. The van der Waals surface area contributed by atoms with Crippen molar-refractivity contribution >= 4 is 21.7 Å². The van der Waals surface area contributed by atoms with Crippen LogP contribution in [0, 0.1) is 5.92 Å². The average Bonchev–Trinajstić information content (AvgIpc) is 2.84. The number of halogens is 1. The fraction of sp³-hybridized carbons (Fsp3) is 0.733. The second-order valence-electron chi connectivity index (χ2n) is 5.52. The van der Waals surface area contributed by atoms with Crippen LogP contribution < -0.4 is 0 Å². The summed E-state index contributed by atoms with van der Waals surface area (Å²) in [6.45, 7) is 1.18. The molecule has 0 bridgehead atoms. The predicted octanol–water partition coefficient (Wildman–Crippen LogP) is 3.84. The molecule has 4 nitrogen and oxygen atoms in total. The first-order chi connectivity index (χ1) is 9.72. The Hall–Kier alpha value is -0.680. The lowest BCUT2D eigenvalue weighted by Crippen LogP contribution is -2.15. The minimum absolute atomic E-state index is 0.191. The molecule has 0 N–H and O–H groups in total. The highest BCUT2D eigenvalue weighted by atomic mass is 79.9. The van der Waals surface area contributed by atoms with Gasteiger partial charge in [0.2, 0.25) is 0 Å². The van der Waals surface area contributed by atoms with Crippen molar-refractivity contribution in [2.24, 2.45) is 5.92 Å². The molecule has 1 aromatic heterocycles. The molecule has 20 heavy (non-hydrogen) atoms. The van der Waals surface area contributed by atoms with Gasteiger partial charge in [-0.05, 0) is 28.3 Å². The largest absolute Gasteiger partial charge is 0.383 e. The molecular weight excluding hydrogens is 320 g/mol. The van der Waals surface area contributed by atoms with Crippen molar-refractivity contribution in [1.82, 2.24) is 9.78 Å². The molecular formula is C15H23BrN2O2. The number of ketones is 1. The van der Waals surface area contributed by atoms with Crippen LogP contribution in [0.2, 0.25) is 0 Å². The average molecular weight is 343 g/mol. The van der Waals surface area contributed by atoms with E-state index in [-0.39, 0.29) is 5.78 Å². The highest BCUT2D eigenvalue weighted by Crippen LogP contribution is 2.28. The third-order valence-electron chi connectivity index (χ3n) is 4.07. The fourth-order valence-corrected chi connectivity index (χ4v) is 3.43. The van der Waals surface area contributed by atoms with E-state index >= 15 is 0 Å². The van der Waals surface area contributed by atoms with Gasteiger partial charge in [-0.2, -0.15) is 5.10 Å². The van der Waals surface area contributed by atoms with Gasteiger partial charge in [-0.25, -0.2) is 0 Å². The molecule has 112 valence electrons. The van der Waals surface area contributed by atoms with Crippen LogP contribution in [-0.4, -0.2) is 29.3 Å². The first-order valence-corrected chi connectivity index (χ1v) is 8.25. The Balaban J connectivity index is 1.92. The molecule has 0 saturated heterocycles. The molecule has 1 aliphatic carbocycles. The van der Waals surface area contributed by atoms with Crippen LogP contribution in [0.15, 0.2) is 10.7 Å². The normalized spacial score (nSPS) is 16.5. The van der Waals surface area contributed by atoms with E-state index < -0.39 is 0 Å². The van der Waals surface area contributed by atoms with Crippen LogP contribution in [-0.2, 0) is 11.3 Å². The Labute approximate surface area is 129 Å². The molecule has 0 atom stereocenters. The zero-order chi connectivity index (χ0) is 14.4. The van der Waals surface area contributed by atoms with Gasteiger partial charge in [-0.1, -0.05) is 32.1 Å². The van der Waals surface area contributed by atoms with Crippen LogP contribution in [0.3, 0.4) is 0 Å². The lowest BCUT2D eigenvalue weighted by Gasteiger charge is -2.21. The van der Waals surface area contributed by atoms with E-state index in [1.54, 1.807) is 18.0 Å². The van der Waals surface area contributed by atoms with Crippen molar-refractivity contribution in [1.29, 1.82) is 0 Å². The predicted molar refractivity (Wildman–Crippen MR) is 81.9 cm³/mol. The second-order valence-corrected chi connectivity index (χ2v) is 6.38. The van der Waals surface area contributed by atoms with Gasteiger partial charge in [-0.15, -0.1) is 0 Å². The Kier molecular flexibility index (Phi) is 6.23. The summed E-state index contributed by atoms with van der Waals surface area (Å²) in [7, 11) is 1.66. The summed E-state index contributed by atoms with van der Waals surface area (Å²) in [5.74, 6) is 0.929. The van der Waals surface area contributed by atoms with Gasteiger partial charge >= 0.3 is 0 Å². The Morgan fingerprint density at radius 1 is 1.45 bits per heavy atom. The lowest BCUT2D eigenvalue weighted by molar-refractivity contribution is 0.0955. The highest BCUT2D eigenvalue weighted by Gasteiger charge is 2.20. The minimum Gasteiger partial charge on any atom is -0.383 e. The molecule has 2 rings (SSSR count). The number of hydrogen-bond donors (Lipinski definition) is 0. The molecule has 0 aliphatic heterocycles. The summed E-state index contributed by atoms with van der Waals surface area (Å²) in [4.78, 5) is 12.4. The van der Waals surface area contributed by atoms with Gasteiger partial charge in [0.05, 0.1) is 23.8 Å². The Morgan fingerprint density at radius 3 is 2.90 bits per heavy atom. The van der Waals surface area contributed by atoms with Gasteiger partial charge in [-0.3, -0.25) is 9.48 Å². The van der Waals surface area contributed by atoms with Crippen molar-refractivity contribution in [2.75, 3.05) is 13.7 Å². The molecule has 1 aliphatic rings. The molecule has 1 heterocycles. The van der Waals surface area contributed by atoms with Crippen molar-refractivity contribution in [3.8, 4) is 0 Å². The second kappa shape index (κ2) is 7.93. The summed E-state index contributed by atoms with van der Waals surface area (Å²) in [6.07, 6.45) is 9.93. The smallest absolute Gasteiger partial charge is 0.182 e. The van der Waals surface area contributed by atoms with Crippen LogP contribution in [0.25, 0.3) is 0 Å². The van der Waals surface area contributed by atoms with Crippen molar-refractivity contribution in [3.05, 3.63) is 16.4 Å². The maximum absolute atomic E-state index is 12.4. The standard InChI is InChI=1S/C15H23BrN2O2/c1-20-10-9-18-15(13(16)11-17-18)14(19)8-7-12-5-3-2-4-6-12/h11-12H,2-10H2,1H3. The lowest BCUT2D eigenvalue weighted by atomic mass is 9.85. The van der Waals surface area contributed by atoms with Gasteiger partial charge in [0.1, 0.15) is 5.69 Å². The maximum atomic E-state index is 12.4. The monoisotopic (exact) mass is 342 g/mol. The van der Waals surface area contributed by atoms with Crippen LogP contribution in [0.1, 0.15) is 55.4 Å². The van der Waals surface area contributed by atoms with E-state index in [0.717, 1.165) is 16.8 Å². The summed E-state index contributed by atoms with van der Waals surface area (Å²) >= 11 is 3.43. The molecule has 0 aromatic carbocycles. The maximum Gasteiger partial charge on any atom is 0.182 e. The third-order valence-corrected chi connectivity index (χ3v) is 4.65. The molecule has 0 spiro atoms. The van der Waals surface area contributed by atoms with Gasteiger partial charge in [0, 0.05) is 13.5 Å². The molecule has 1 fully saturated rings. The molecule has 0 unspecified atom stereocenters. The van der Waals surface area contributed by atoms with E-state index in [2.05, 4.69) is 21.0 Å². The number of Topliss-reactive ketones (excluding diaryl/α,β-unsaturated/α-hetero) is 1. The number of methoxy groups -OCH3 is 1. The van der Waals surface area contributed by atoms with E-state index in [4.69, 9.17) is 4.74 Å². The van der Waals surface area contributed by atoms with Crippen molar-refractivity contribution in [2.45, 2.75) is 51.5 Å². The molecule has 1 aromatic rings. The van der Waals surface area contributed by atoms with E-state index in [1.165, 1.54) is 32.1 Å². The minimum atomic E-state index is 0.191. The van der Waals surface area contributed by atoms with E-state index in [0.29, 0.717) is 25.3 Å². The zero-order valence-corrected chi connectivity index (χ0v) is 13.7. The molecule has 1 saturated carbocycles. The van der Waals surface area contributed by atoms with Crippen molar-refractivity contribution in [3.63, 3.8) is 0 Å². The topological polar surface area (TPSA) is 44.1 Å². The van der Waals surface area contributed by atoms with Gasteiger partial charge in [0.25, 0.3) is 0 Å². The van der Waals surface area contributed by atoms with Gasteiger partial charge in [0.15, 0.2) is 5.78 Å². The van der Waals surface area contributed by atoms with Crippen LogP contribution in [0.5, 0.6) is 0 Å². The number of carbonyl (C=O) groups excluding carboxylic acids is 1. The summed E-state index contributed by atoms with van der Waals surface area (Å²) in [6, 6.07) is 0. The SMILES string of the molecule is COCCn1ncc(Br)c1C(=O)CCC1CCCCC1.